The van der Waals surface area contributed by atoms with Crippen molar-refractivity contribution in [2.45, 2.75) is 64.5 Å². The summed E-state index contributed by atoms with van der Waals surface area (Å²) in [6.07, 6.45) is 7.08. The van der Waals surface area contributed by atoms with Crippen LogP contribution in [0, 0.1) is 0 Å². The number of nitrogens with one attached hydrogen (secondary N) is 2. The Hall–Kier alpha value is -1.35. The molecule has 1 aromatic rings. The van der Waals surface area contributed by atoms with Crippen LogP contribution < -0.4 is 10.6 Å². The molecule has 0 radical (unpaired) electrons. The van der Waals surface area contributed by atoms with Crippen LogP contribution in [-0.2, 0) is 11.2 Å². The molecule has 0 saturated heterocycles. The van der Waals surface area contributed by atoms with Gasteiger partial charge in [-0.15, -0.1) is 0 Å². The first-order valence-corrected chi connectivity index (χ1v) is 8.34. The average Bonchev–Trinajstić information content (AvgIpc) is 2.51. The Labute approximate surface area is 128 Å². The fraction of sp³-hybridized carbons (Fsp3) is 0.611. The zero-order valence-corrected chi connectivity index (χ0v) is 13.3. The molecular weight excluding hydrogens is 260 g/mol. The van der Waals surface area contributed by atoms with Crippen LogP contribution in [0.4, 0.5) is 0 Å². The van der Waals surface area contributed by atoms with Crippen molar-refractivity contribution in [2.24, 2.45) is 0 Å². The van der Waals surface area contributed by atoms with Crippen LogP contribution >= 0.6 is 0 Å². The van der Waals surface area contributed by atoms with E-state index in [1.807, 2.05) is 6.07 Å². The number of benzene rings is 1. The van der Waals surface area contributed by atoms with Gasteiger partial charge in [0.1, 0.15) is 6.04 Å². The number of amides is 1. The van der Waals surface area contributed by atoms with Gasteiger partial charge in [0.2, 0.25) is 5.91 Å². The second kappa shape index (κ2) is 8.18. The van der Waals surface area contributed by atoms with Gasteiger partial charge in [-0.2, -0.15) is 0 Å². The number of rotatable bonds is 7. The Balaban J connectivity index is 1.86. The molecular formula is C18H28N2O. The van der Waals surface area contributed by atoms with Crippen molar-refractivity contribution in [1.82, 2.24) is 10.6 Å². The molecule has 2 unspecified atom stereocenters. The van der Waals surface area contributed by atoms with E-state index in [1.54, 1.807) is 0 Å². The lowest BCUT2D eigenvalue weighted by molar-refractivity contribution is -0.124. The summed E-state index contributed by atoms with van der Waals surface area (Å²) in [4.78, 5) is 12.5. The predicted octanol–water partition coefficient (Wildman–Crippen LogP) is 3.35. The smallest absolute Gasteiger partial charge is 0.241 e. The largest absolute Gasteiger partial charge is 0.352 e. The number of carbonyl (C=O) groups excluding carboxylic acids is 1. The van der Waals surface area contributed by atoms with Gasteiger partial charge in [-0.3, -0.25) is 4.79 Å². The Bertz CT molecular complexity index is 458. The van der Waals surface area contributed by atoms with E-state index in [-0.39, 0.29) is 18.0 Å². The summed E-state index contributed by atoms with van der Waals surface area (Å²) in [7, 11) is 0. The zero-order chi connectivity index (χ0) is 15.1. The summed E-state index contributed by atoms with van der Waals surface area (Å²) in [5.74, 6) is 0.116. The normalized spacial score (nSPS) is 18.9. The number of carbonyl (C=O) groups is 1. The molecule has 2 atom stereocenters. The summed E-state index contributed by atoms with van der Waals surface area (Å²) in [6.45, 7) is 5.20. The molecule has 116 valence electrons. The van der Waals surface area contributed by atoms with E-state index < -0.39 is 0 Å². The molecule has 3 nitrogen and oxygen atoms in total. The first kappa shape index (κ1) is 16.0. The van der Waals surface area contributed by atoms with E-state index in [2.05, 4.69) is 42.7 Å². The highest BCUT2D eigenvalue weighted by atomic mass is 16.2. The predicted molar refractivity (Wildman–Crippen MR) is 87.3 cm³/mol. The average molecular weight is 288 g/mol. The molecule has 0 aromatic heterocycles. The van der Waals surface area contributed by atoms with Gasteiger partial charge >= 0.3 is 0 Å². The van der Waals surface area contributed by atoms with Gasteiger partial charge in [0, 0.05) is 12.6 Å². The molecule has 2 rings (SSSR count). The van der Waals surface area contributed by atoms with Gasteiger partial charge in [-0.1, -0.05) is 56.9 Å². The van der Waals surface area contributed by atoms with Gasteiger partial charge in [0.25, 0.3) is 0 Å². The maximum Gasteiger partial charge on any atom is 0.241 e. The first-order valence-electron chi connectivity index (χ1n) is 8.34. The van der Waals surface area contributed by atoms with Crippen molar-refractivity contribution in [3.05, 3.63) is 35.4 Å². The van der Waals surface area contributed by atoms with E-state index >= 15 is 0 Å². The highest BCUT2D eigenvalue weighted by molar-refractivity contribution is 5.84. The van der Waals surface area contributed by atoms with Crippen molar-refractivity contribution in [3.8, 4) is 0 Å². The van der Waals surface area contributed by atoms with E-state index in [0.29, 0.717) is 0 Å². The zero-order valence-electron chi connectivity index (χ0n) is 13.3. The standard InChI is InChI=1S/C18H28N2O/c1-3-4-5-6-9-14(2)20-18(21)17-16-11-8-7-10-15(16)12-13-19-17/h7-8,10-11,14,17,19H,3-6,9,12-13H2,1-2H3,(H,20,21). The first-order chi connectivity index (χ1) is 10.2. The molecule has 3 heteroatoms. The van der Waals surface area contributed by atoms with Crippen LogP contribution in [-0.4, -0.2) is 18.5 Å². The second-order valence-corrected chi connectivity index (χ2v) is 6.09. The van der Waals surface area contributed by atoms with Crippen LogP contribution in [0.1, 0.15) is 63.1 Å². The lowest BCUT2D eigenvalue weighted by Gasteiger charge is -2.27. The Morgan fingerprint density at radius 1 is 1.33 bits per heavy atom. The fourth-order valence-electron chi connectivity index (χ4n) is 3.01. The third kappa shape index (κ3) is 4.57. The highest BCUT2D eigenvalue weighted by Gasteiger charge is 2.26. The number of fused-ring (bicyclic) bond motifs is 1. The molecule has 0 fully saturated rings. The molecule has 1 aliphatic heterocycles. The maximum atomic E-state index is 12.5. The van der Waals surface area contributed by atoms with E-state index in [4.69, 9.17) is 0 Å². The number of unbranched alkanes of at least 4 members (excludes halogenated alkanes) is 3. The monoisotopic (exact) mass is 288 g/mol. The topological polar surface area (TPSA) is 41.1 Å². The van der Waals surface area contributed by atoms with Gasteiger partial charge in [-0.05, 0) is 30.9 Å². The summed E-state index contributed by atoms with van der Waals surface area (Å²) in [6, 6.07) is 8.33. The SMILES string of the molecule is CCCCCCC(C)NC(=O)C1NCCc2ccccc21. The molecule has 1 aliphatic rings. The van der Waals surface area contributed by atoms with Crippen LogP contribution in [0.3, 0.4) is 0 Å². The molecule has 1 amide bonds. The number of hydrogen-bond acceptors (Lipinski definition) is 2. The summed E-state index contributed by atoms with van der Waals surface area (Å²) in [5.41, 5.74) is 2.44. The minimum Gasteiger partial charge on any atom is -0.352 e. The number of hydrogen-bond donors (Lipinski definition) is 2. The fourth-order valence-corrected chi connectivity index (χ4v) is 3.01. The van der Waals surface area contributed by atoms with Crippen LogP contribution in [0.25, 0.3) is 0 Å². The minimum absolute atomic E-state index is 0.116. The van der Waals surface area contributed by atoms with Gasteiger partial charge in [0.15, 0.2) is 0 Å². The lowest BCUT2D eigenvalue weighted by atomic mass is 9.93. The van der Waals surface area contributed by atoms with Crippen LogP contribution in [0.15, 0.2) is 24.3 Å². The third-order valence-corrected chi connectivity index (χ3v) is 4.25. The molecule has 0 spiro atoms. The molecule has 21 heavy (non-hydrogen) atoms. The van der Waals surface area contributed by atoms with Crippen LogP contribution in [0.2, 0.25) is 0 Å². The molecule has 1 heterocycles. The van der Waals surface area contributed by atoms with Gasteiger partial charge in [-0.25, -0.2) is 0 Å². The molecule has 0 bridgehead atoms. The Kier molecular flexibility index (Phi) is 6.24. The summed E-state index contributed by atoms with van der Waals surface area (Å²) >= 11 is 0. The van der Waals surface area contributed by atoms with Crippen molar-refractivity contribution in [3.63, 3.8) is 0 Å². The van der Waals surface area contributed by atoms with Gasteiger partial charge < -0.3 is 10.6 Å². The van der Waals surface area contributed by atoms with E-state index in [1.165, 1.54) is 31.2 Å². The molecule has 0 saturated carbocycles. The van der Waals surface area contributed by atoms with E-state index in [9.17, 15) is 4.79 Å². The maximum absolute atomic E-state index is 12.5. The van der Waals surface area contributed by atoms with Crippen molar-refractivity contribution in [1.29, 1.82) is 0 Å². The molecule has 2 N–H and O–H groups in total. The Morgan fingerprint density at radius 2 is 2.14 bits per heavy atom. The van der Waals surface area contributed by atoms with Crippen molar-refractivity contribution >= 4 is 5.91 Å². The van der Waals surface area contributed by atoms with Crippen molar-refractivity contribution in [2.75, 3.05) is 6.54 Å². The highest BCUT2D eigenvalue weighted by Crippen LogP contribution is 2.22. The quantitative estimate of drug-likeness (QED) is 0.755. The Morgan fingerprint density at radius 3 is 2.95 bits per heavy atom. The summed E-state index contributed by atoms with van der Waals surface area (Å²) in [5, 5.41) is 6.51. The lowest BCUT2D eigenvalue weighted by Crippen LogP contribution is -2.44. The third-order valence-electron chi connectivity index (χ3n) is 4.25. The molecule has 1 aromatic carbocycles. The molecule has 0 aliphatic carbocycles. The minimum atomic E-state index is -0.187. The van der Waals surface area contributed by atoms with Crippen molar-refractivity contribution < 1.29 is 4.79 Å². The van der Waals surface area contributed by atoms with Gasteiger partial charge in [0.05, 0.1) is 0 Å². The van der Waals surface area contributed by atoms with Crippen LogP contribution in [0.5, 0.6) is 0 Å². The van der Waals surface area contributed by atoms with E-state index in [0.717, 1.165) is 24.9 Å². The second-order valence-electron chi connectivity index (χ2n) is 6.09. The summed E-state index contributed by atoms with van der Waals surface area (Å²) < 4.78 is 0.